The van der Waals surface area contributed by atoms with Crippen molar-refractivity contribution in [3.05, 3.63) is 21.9 Å². The van der Waals surface area contributed by atoms with Gasteiger partial charge in [0.2, 0.25) is 0 Å². The van der Waals surface area contributed by atoms with Crippen molar-refractivity contribution in [1.29, 1.82) is 0 Å². The predicted octanol–water partition coefficient (Wildman–Crippen LogP) is 4.25. The molecular formula is C13H15ClN2S. The summed E-state index contributed by atoms with van der Waals surface area (Å²) in [6.07, 6.45) is 7.83. The fourth-order valence-corrected chi connectivity index (χ4v) is 4.28. The van der Waals surface area contributed by atoms with Gasteiger partial charge in [0.15, 0.2) is 0 Å². The third-order valence-corrected chi connectivity index (χ3v) is 5.08. The highest BCUT2D eigenvalue weighted by Crippen LogP contribution is 2.40. The smallest absolute Gasteiger partial charge is 0.141 e. The number of fused-ring (bicyclic) bond motifs is 3. The topological polar surface area (TPSA) is 25.8 Å². The van der Waals surface area contributed by atoms with Crippen LogP contribution in [-0.2, 0) is 12.8 Å². The summed E-state index contributed by atoms with van der Waals surface area (Å²) in [5.41, 5.74) is 1.43. The first-order valence-electron chi connectivity index (χ1n) is 6.20. The van der Waals surface area contributed by atoms with Crippen LogP contribution in [0.25, 0.3) is 10.2 Å². The minimum atomic E-state index is 0.629. The lowest BCUT2D eigenvalue weighted by Crippen LogP contribution is -2.12. The molecule has 0 radical (unpaired) electrons. The van der Waals surface area contributed by atoms with Crippen LogP contribution in [0.3, 0.4) is 0 Å². The Hall–Kier alpha value is -0.670. The molecule has 0 aliphatic heterocycles. The van der Waals surface area contributed by atoms with Crippen molar-refractivity contribution in [2.75, 3.05) is 0 Å². The lowest BCUT2D eigenvalue weighted by molar-refractivity contribution is 0.427. The molecule has 3 rings (SSSR count). The van der Waals surface area contributed by atoms with Gasteiger partial charge in [-0.3, -0.25) is 0 Å². The molecule has 2 aromatic heterocycles. The van der Waals surface area contributed by atoms with Gasteiger partial charge < -0.3 is 0 Å². The molecule has 2 aromatic rings. The van der Waals surface area contributed by atoms with Gasteiger partial charge in [-0.05, 0) is 30.7 Å². The maximum atomic E-state index is 6.22. The summed E-state index contributed by atoms with van der Waals surface area (Å²) in [6, 6.07) is 0. The predicted molar refractivity (Wildman–Crippen MR) is 72.8 cm³/mol. The van der Waals surface area contributed by atoms with Crippen molar-refractivity contribution < 1.29 is 0 Å². The zero-order chi connectivity index (χ0) is 11.8. The van der Waals surface area contributed by atoms with E-state index in [1.54, 1.807) is 17.7 Å². The molecule has 4 heteroatoms. The molecule has 0 N–H and O–H groups in total. The van der Waals surface area contributed by atoms with Gasteiger partial charge in [-0.25, -0.2) is 9.97 Å². The normalized spacial score (nSPS) is 19.5. The second-order valence-corrected chi connectivity index (χ2v) is 6.19. The van der Waals surface area contributed by atoms with Gasteiger partial charge in [-0.15, -0.1) is 11.3 Å². The van der Waals surface area contributed by atoms with Crippen LogP contribution in [0.1, 0.15) is 36.6 Å². The summed E-state index contributed by atoms with van der Waals surface area (Å²) in [5, 5.41) is 1.75. The molecule has 0 saturated carbocycles. The molecule has 0 fully saturated rings. The number of aryl methyl sites for hydroxylation is 1. The number of thiophene rings is 1. The maximum Gasteiger partial charge on any atom is 0.141 e. The van der Waals surface area contributed by atoms with Gasteiger partial charge in [-0.2, -0.15) is 0 Å². The van der Waals surface area contributed by atoms with Crippen LogP contribution in [0, 0.1) is 5.92 Å². The summed E-state index contributed by atoms with van der Waals surface area (Å²) >= 11 is 8.01. The number of hydrogen-bond donors (Lipinski definition) is 0. The first kappa shape index (κ1) is 11.4. The van der Waals surface area contributed by atoms with Gasteiger partial charge in [0.1, 0.15) is 16.3 Å². The Morgan fingerprint density at radius 1 is 1.47 bits per heavy atom. The molecule has 0 amide bonds. The molecule has 2 nitrogen and oxygen atoms in total. The summed E-state index contributed by atoms with van der Waals surface area (Å²) < 4.78 is 0. The molecule has 1 aliphatic carbocycles. The van der Waals surface area contributed by atoms with E-state index in [0.717, 1.165) is 22.6 Å². The number of hydrogen-bond acceptors (Lipinski definition) is 3. The Balaban J connectivity index is 2.08. The zero-order valence-electron chi connectivity index (χ0n) is 9.87. The van der Waals surface area contributed by atoms with E-state index in [2.05, 4.69) is 16.9 Å². The summed E-state index contributed by atoms with van der Waals surface area (Å²) in [7, 11) is 0. The second-order valence-electron chi connectivity index (χ2n) is 4.75. The van der Waals surface area contributed by atoms with Crippen molar-refractivity contribution in [2.45, 2.75) is 39.0 Å². The molecule has 0 unspecified atom stereocenters. The highest BCUT2D eigenvalue weighted by Gasteiger charge is 2.24. The van der Waals surface area contributed by atoms with E-state index in [1.165, 1.54) is 36.1 Å². The highest BCUT2D eigenvalue weighted by atomic mass is 35.5. The summed E-state index contributed by atoms with van der Waals surface area (Å²) in [5.74, 6) is 0.821. The Labute approximate surface area is 110 Å². The van der Waals surface area contributed by atoms with Crippen LogP contribution >= 0.6 is 22.9 Å². The number of nitrogens with zero attached hydrogens (tertiary/aromatic N) is 2. The van der Waals surface area contributed by atoms with E-state index >= 15 is 0 Å². The molecule has 90 valence electrons. The standard InChI is InChI=1S/C13H15ClN2S/c1-2-3-8-4-5-10-9(6-8)11-12(14)15-7-16-13(11)17-10/h7-8H,2-6H2,1H3/t8-/m0/s1. The molecule has 0 aromatic carbocycles. The molecule has 0 bridgehead atoms. The van der Waals surface area contributed by atoms with Crippen LogP contribution in [0.5, 0.6) is 0 Å². The van der Waals surface area contributed by atoms with Gasteiger partial charge in [0, 0.05) is 4.88 Å². The summed E-state index contributed by atoms with van der Waals surface area (Å²) in [4.78, 5) is 11.0. The first-order valence-corrected chi connectivity index (χ1v) is 7.39. The molecule has 2 heterocycles. The van der Waals surface area contributed by atoms with Crippen LogP contribution in [-0.4, -0.2) is 9.97 Å². The van der Waals surface area contributed by atoms with E-state index in [1.807, 2.05) is 0 Å². The Morgan fingerprint density at radius 3 is 3.18 bits per heavy atom. The van der Waals surface area contributed by atoms with Crippen LogP contribution in [0.4, 0.5) is 0 Å². The van der Waals surface area contributed by atoms with Crippen molar-refractivity contribution in [2.24, 2.45) is 5.92 Å². The average molecular weight is 267 g/mol. The second kappa shape index (κ2) is 4.54. The SMILES string of the molecule is CCC[C@H]1CCc2sc3ncnc(Cl)c3c2C1. The first-order chi connectivity index (χ1) is 8.29. The average Bonchev–Trinajstić information content (AvgIpc) is 2.68. The Bertz CT molecular complexity index is 550. The number of aromatic nitrogens is 2. The van der Waals surface area contributed by atoms with Gasteiger partial charge in [0.05, 0.1) is 5.39 Å². The van der Waals surface area contributed by atoms with Crippen LogP contribution in [0.2, 0.25) is 5.15 Å². The third-order valence-electron chi connectivity index (χ3n) is 3.59. The van der Waals surface area contributed by atoms with E-state index in [-0.39, 0.29) is 0 Å². The quantitative estimate of drug-likeness (QED) is 0.760. The molecule has 0 saturated heterocycles. The fraction of sp³-hybridized carbons (Fsp3) is 0.538. The summed E-state index contributed by atoms with van der Waals surface area (Å²) in [6.45, 7) is 2.26. The van der Waals surface area contributed by atoms with Crippen molar-refractivity contribution in [3.63, 3.8) is 0 Å². The van der Waals surface area contributed by atoms with Gasteiger partial charge >= 0.3 is 0 Å². The van der Waals surface area contributed by atoms with Crippen molar-refractivity contribution in [3.8, 4) is 0 Å². The van der Waals surface area contributed by atoms with E-state index in [9.17, 15) is 0 Å². The van der Waals surface area contributed by atoms with E-state index in [4.69, 9.17) is 11.6 Å². The molecule has 17 heavy (non-hydrogen) atoms. The molecule has 0 spiro atoms. The van der Waals surface area contributed by atoms with Gasteiger partial charge in [0.25, 0.3) is 0 Å². The fourth-order valence-electron chi connectivity index (χ4n) is 2.80. The maximum absolute atomic E-state index is 6.22. The van der Waals surface area contributed by atoms with E-state index < -0.39 is 0 Å². The van der Waals surface area contributed by atoms with Crippen LogP contribution in [0.15, 0.2) is 6.33 Å². The highest BCUT2D eigenvalue weighted by molar-refractivity contribution is 7.19. The van der Waals surface area contributed by atoms with Crippen molar-refractivity contribution >= 4 is 33.2 Å². The van der Waals surface area contributed by atoms with Crippen LogP contribution < -0.4 is 0 Å². The number of rotatable bonds is 2. The zero-order valence-corrected chi connectivity index (χ0v) is 11.4. The minimum Gasteiger partial charge on any atom is -0.225 e. The third kappa shape index (κ3) is 1.95. The largest absolute Gasteiger partial charge is 0.225 e. The molecular weight excluding hydrogens is 252 g/mol. The molecule has 1 atom stereocenters. The number of halogens is 1. The lowest BCUT2D eigenvalue weighted by atomic mass is 9.85. The van der Waals surface area contributed by atoms with Crippen molar-refractivity contribution in [1.82, 2.24) is 9.97 Å². The molecule has 1 aliphatic rings. The Morgan fingerprint density at radius 2 is 2.35 bits per heavy atom. The lowest BCUT2D eigenvalue weighted by Gasteiger charge is -2.21. The monoisotopic (exact) mass is 266 g/mol. The van der Waals surface area contributed by atoms with E-state index in [0.29, 0.717) is 5.15 Å². The van der Waals surface area contributed by atoms with Gasteiger partial charge in [-0.1, -0.05) is 31.4 Å². The minimum absolute atomic E-state index is 0.629. The Kier molecular flexibility index (Phi) is 3.05.